The molecule has 192 valence electrons. The highest BCUT2D eigenvalue weighted by Crippen LogP contribution is 2.25. The second-order valence-corrected chi connectivity index (χ2v) is 8.46. The molecule has 11 nitrogen and oxygen atoms in total. The van der Waals surface area contributed by atoms with Gasteiger partial charge < -0.3 is 10.1 Å². The van der Waals surface area contributed by atoms with Gasteiger partial charge in [-0.3, -0.25) is 29.8 Å². The molecular weight excluding hydrogens is 492 g/mol. The maximum absolute atomic E-state index is 13.0. The normalized spacial score (nSPS) is 14.3. The number of carbonyl (C=O) groups excluding carboxylic acids is 4. The highest BCUT2D eigenvalue weighted by molar-refractivity contribution is 6.39. The predicted molar refractivity (Wildman–Crippen MR) is 139 cm³/mol. The summed E-state index contributed by atoms with van der Waals surface area (Å²) in [6, 6.07) is 15.9. The van der Waals surface area contributed by atoms with Crippen LogP contribution in [0.4, 0.5) is 21.9 Å². The molecule has 0 bridgehead atoms. The van der Waals surface area contributed by atoms with Crippen molar-refractivity contribution < 1.29 is 28.8 Å². The Morgan fingerprint density at radius 3 is 2.37 bits per heavy atom. The largest absolute Gasteiger partial charge is 0.484 e. The molecule has 38 heavy (non-hydrogen) atoms. The minimum Gasteiger partial charge on any atom is -0.484 e. The summed E-state index contributed by atoms with van der Waals surface area (Å²) in [7, 11) is 0. The molecular formula is C27H22N4O7. The SMILES string of the molecule is Cc1ccc(C)c(NC(=O)COc2ccc(/C=C3/C(=O)NC(=O)N(c4ccc([N+](=O)[O-])cc4)C3=O)cc2)c1. The summed E-state index contributed by atoms with van der Waals surface area (Å²) >= 11 is 0. The molecule has 0 unspecified atom stereocenters. The lowest BCUT2D eigenvalue weighted by Gasteiger charge is -2.26. The van der Waals surface area contributed by atoms with E-state index in [1.54, 1.807) is 24.3 Å². The van der Waals surface area contributed by atoms with Crippen molar-refractivity contribution in [2.45, 2.75) is 13.8 Å². The van der Waals surface area contributed by atoms with Crippen molar-refractivity contribution in [1.29, 1.82) is 0 Å². The highest BCUT2D eigenvalue weighted by atomic mass is 16.6. The Hall–Kier alpha value is -5.32. The molecule has 0 spiro atoms. The average molecular weight is 514 g/mol. The van der Waals surface area contributed by atoms with Crippen molar-refractivity contribution in [1.82, 2.24) is 5.32 Å². The van der Waals surface area contributed by atoms with E-state index < -0.39 is 22.8 Å². The third kappa shape index (κ3) is 5.73. The summed E-state index contributed by atoms with van der Waals surface area (Å²) < 4.78 is 5.53. The number of nitrogens with one attached hydrogen (secondary N) is 2. The number of non-ortho nitro benzene ring substituents is 1. The number of rotatable bonds is 7. The number of benzene rings is 3. The summed E-state index contributed by atoms with van der Waals surface area (Å²) in [6.07, 6.45) is 1.31. The minimum absolute atomic E-state index is 0.0689. The van der Waals surface area contributed by atoms with Gasteiger partial charge in [0.2, 0.25) is 0 Å². The molecule has 0 radical (unpaired) electrons. The van der Waals surface area contributed by atoms with E-state index >= 15 is 0 Å². The van der Waals surface area contributed by atoms with Gasteiger partial charge in [-0.15, -0.1) is 0 Å². The Morgan fingerprint density at radius 2 is 1.71 bits per heavy atom. The van der Waals surface area contributed by atoms with Gasteiger partial charge in [0.1, 0.15) is 11.3 Å². The summed E-state index contributed by atoms with van der Waals surface area (Å²) in [5, 5.41) is 15.8. The summed E-state index contributed by atoms with van der Waals surface area (Å²) in [5.74, 6) is -1.69. The Balaban J connectivity index is 1.44. The summed E-state index contributed by atoms with van der Waals surface area (Å²) in [6.45, 7) is 3.60. The quantitative estimate of drug-likeness (QED) is 0.210. The number of aryl methyl sites for hydroxylation is 2. The van der Waals surface area contributed by atoms with Gasteiger partial charge in [-0.05, 0) is 66.9 Å². The molecule has 5 amide bonds. The maximum atomic E-state index is 13.0. The third-order valence-corrected chi connectivity index (χ3v) is 5.65. The van der Waals surface area contributed by atoms with Crippen LogP contribution in [0.25, 0.3) is 6.08 Å². The number of nitro groups is 1. The van der Waals surface area contributed by atoms with Crippen LogP contribution in [0.5, 0.6) is 5.75 Å². The van der Waals surface area contributed by atoms with E-state index in [-0.39, 0.29) is 29.5 Å². The monoisotopic (exact) mass is 514 g/mol. The lowest BCUT2D eigenvalue weighted by molar-refractivity contribution is -0.384. The van der Waals surface area contributed by atoms with E-state index in [2.05, 4.69) is 10.6 Å². The van der Waals surface area contributed by atoms with Gasteiger partial charge in [0.05, 0.1) is 10.6 Å². The number of nitrogens with zero attached hydrogens (tertiary/aromatic N) is 2. The van der Waals surface area contributed by atoms with E-state index in [1.807, 2.05) is 32.0 Å². The van der Waals surface area contributed by atoms with Gasteiger partial charge in [0, 0.05) is 17.8 Å². The van der Waals surface area contributed by atoms with Crippen molar-refractivity contribution >= 4 is 46.9 Å². The molecule has 2 N–H and O–H groups in total. The molecule has 1 fully saturated rings. The Labute approximate surface area is 216 Å². The standard InChI is InChI=1S/C27H22N4O7/c1-16-3-4-17(2)23(13-16)28-24(32)15-38-21-11-5-18(6-12-21)14-22-25(33)29-27(35)30(26(22)34)19-7-9-20(10-8-19)31(36)37/h3-14H,15H2,1-2H3,(H,28,32)(H,29,33,35)/b22-14-. The zero-order valence-electron chi connectivity index (χ0n) is 20.4. The summed E-state index contributed by atoms with van der Waals surface area (Å²) in [4.78, 5) is 60.9. The highest BCUT2D eigenvalue weighted by Gasteiger charge is 2.36. The smallest absolute Gasteiger partial charge is 0.335 e. The van der Waals surface area contributed by atoms with Crippen LogP contribution in [0.1, 0.15) is 16.7 Å². The van der Waals surface area contributed by atoms with Crippen LogP contribution in [-0.4, -0.2) is 35.3 Å². The number of nitro benzene ring substituents is 1. The summed E-state index contributed by atoms with van der Waals surface area (Å²) in [5.41, 5.74) is 2.67. The van der Waals surface area contributed by atoms with Crippen LogP contribution >= 0.6 is 0 Å². The number of barbiturate groups is 1. The van der Waals surface area contributed by atoms with E-state index in [0.29, 0.717) is 17.0 Å². The molecule has 1 heterocycles. The fourth-order valence-corrected chi connectivity index (χ4v) is 3.65. The fourth-order valence-electron chi connectivity index (χ4n) is 3.65. The first-order chi connectivity index (χ1) is 18.1. The van der Waals surface area contributed by atoms with E-state index in [1.165, 1.54) is 18.2 Å². The Kier molecular flexibility index (Phi) is 7.28. The molecule has 0 aliphatic carbocycles. The second kappa shape index (κ2) is 10.7. The van der Waals surface area contributed by atoms with Crippen molar-refractivity contribution in [2.24, 2.45) is 0 Å². The van der Waals surface area contributed by atoms with Crippen molar-refractivity contribution in [3.8, 4) is 5.75 Å². The maximum Gasteiger partial charge on any atom is 0.335 e. The fraction of sp³-hybridized carbons (Fsp3) is 0.111. The van der Waals surface area contributed by atoms with E-state index in [9.17, 15) is 29.3 Å². The topological polar surface area (TPSA) is 148 Å². The first-order valence-electron chi connectivity index (χ1n) is 11.4. The zero-order chi connectivity index (χ0) is 27.4. The van der Waals surface area contributed by atoms with Crippen LogP contribution in [0, 0.1) is 24.0 Å². The van der Waals surface area contributed by atoms with Crippen molar-refractivity contribution in [2.75, 3.05) is 16.8 Å². The van der Waals surface area contributed by atoms with Gasteiger partial charge >= 0.3 is 6.03 Å². The molecule has 4 rings (SSSR count). The Bertz CT molecular complexity index is 1480. The number of carbonyl (C=O) groups is 4. The number of anilines is 2. The van der Waals surface area contributed by atoms with Crippen LogP contribution in [0.2, 0.25) is 0 Å². The van der Waals surface area contributed by atoms with Crippen LogP contribution in [0.3, 0.4) is 0 Å². The molecule has 3 aromatic carbocycles. The first kappa shape index (κ1) is 25.8. The molecule has 3 aromatic rings. The minimum atomic E-state index is -0.964. The van der Waals surface area contributed by atoms with Crippen molar-refractivity contribution in [3.05, 3.63) is 99.1 Å². The lowest BCUT2D eigenvalue weighted by atomic mass is 10.1. The number of urea groups is 1. The zero-order valence-corrected chi connectivity index (χ0v) is 20.4. The second-order valence-electron chi connectivity index (χ2n) is 8.46. The molecule has 0 saturated carbocycles. The van der Waals surface area contributed by atoms with Gasteiger partial charge in [-0.2, -0.15) is 0 Å². The number of amides is 5. The predicted octanol–water partition coefficient (Wildman–Crippen LogP) is 3.90. The number of ether oxygens (including phenoxy) is 1. The third-order valence-electron chi connectivity index (χ3n) is 5.65. The number of hydrogen-bond acceptors (Lipinski definition) is 7. The van der Waals surface area contributed by atoms with Gasteiger partial charge in [0.25, 0.3) is 23.4 Å². The van der Waals surface area contributed by atoms with Crippen LogP contribution in [-0.2, 0) is 14.4 Å². The lowest BCUT2D eigenvalue weighted by Crippen LogP contribution is -2.54. The molecule has 1 saturated heterocycles. The van der Waals surface area contributed by atoms with Gasteiger partial charge in [0.15, 0.2) is 6.61 Å². The number of hydrogen-bond donors (Lipinski definition) is 2. The van der Waals surface area contributed by atoms with Gasteiger partial charge in [-0.25, -0.2) is 9.69 Å². The first-order valence-corrected chi connectivity index (χ1v) is 11.4. The van der Waals surface area contributed by atoms with E-state index in [4.69, 9.17) is 4.74 Å². The molecule has 1 aliphatic rings. The molecule has 11 heteroatoms. The molecule has 0 atom stereocenters. The number of imide groups is 2. The van der Waals surface area contributed by atoms with Gasteiger partial charge in [-0.1, -0.05) is 24.3 Å². The Morgan fingerprint density at radius 1 is 1.03 bits per heavy atom. The van der Waals surface area contributed by atoms with Crippen LogP contribution in [0.15, 0.2) is 72.3 Å². The molecule has 0 aromatic heterocycles. The van der Waals surface area contributed by atoms with E-state index in [0.717, 1.165) is 28.2 Å². The molecule has 1 aliphatic heterocycles. The van der Waals surface area contributed by atoms with Crippen molar-refractivity contribution in [3.63, 3.8) is 0 Å². The van der Waals surface area contributed by atoms with Crippen LogP contribution < -0.4 is 20.3 Å². The average Bonchev–Trinajstić information content (AvgIpc) is 2.88.